The Hall–Kier alpha value is -1.64. The molecule has 2 rings (SSSR count). The third-order valence-corrected chi connectivity index (χ3v) is 3.22. The van der Waals surface area contributed by atoms with E-state index in [1.54, 1.807) is 30.3 Å². The maximum absolute atomic E-state index is 13.0. The highest BCUT2D eigenvalue weighted by atomic mass is 35.5. The van der Waals surface area contributed by atoms with Crippen LogP contribution in [-0.2, 0) is 0 Å². The van der Waals surface area contributed by atoms with Gasteiger partial charge in [0.2, 0.25) is 0 Å². The van der Waals surface area contributed by atoms with Gasteiger partial charge in [-0.25, -0.2) is 4.39 Å². The first kappa shape index (κ1) is 13.8. The minimum absolute atomic E-state index is 0.220. The topological polar surface area (TPSA) is 17.1 Å². The van der Waals surface area contributed by atoms with Crippen LogP contribution in [0.25, 0.3) is 6.08 Å². The van der Waals surface area contributed by atoms with Gasteiger partial charge in [0.25, 0.3) is 0 Å². The van der Waals surface area contributed by atoms with Crippen LogP contribution in [-0.4, -0.2) is 5.78 Å². The minimum atomic E-state index is -0.343. The van der Waals surface area contributed by atoms with Gasteiger partial charge in [-0.2, -0.15) is 0 Å². The zero-order chi connectivity index (χ0) is 13.8. The van der Waals surface area contributed by atoms with E-state index in [2.05, 4.69) is 0 Å². The predicted octanol–water partition coefficient (Wildman–Crippen LogP) is 5.03. The average molecular weight is 295 g/mol. The quantitative estimate of drug-likeness (QED) is 0.573. The summed E-state index contributed by atoms with van der Waals surface area (Å²) < 4.78 is 13.0. The molecule has 2 aromatic carbocycles. The second-order valence-corrected chi connectivity index (χ2v) is 4.70. The Labute approximate surface area is 120 Å². The molecule has 0 saturated carbocycles. The molecule has 1 nitrogen and oxygen atoms in total. The smallest absolute Gasteiger partial charge is 0.185 e. The molecule has 19 heavy (non-hydrogen) atoms. The Morgan fingerprint density at radius 2 is 1.84 bits per heavy atom. The molecule has 0 spiro atoms. The largest absolute Gasteiger partial charge is 0.289 e. The van der Waals surface area contributed by atoms with Gasteiger partial charge in [-0.1, -0.05) is 41.4 Å². The van der Waals surface area contributed by atoms with Crippen LogP contribution in [0.2, 0.25) is 10.0 Å². The van der Waals surface area contributed by atoms with Crippen LogP contribution in [0.15, 0.2) is 48.5 Å². The predicted molar refractivity (Wildman–Crippen MR) is 76.2 cm³/mol. The molecule has 0 N–H and O–H groups in total. The Morgan fingerprint density at radius 1 is 1.05 bits per heavy atom. The molecule has 0 aliphatic heterocycles. The number of allylic oxidation sites excluding steroid dienone is 1. The van der Waals surface area contributed by atoms with Crippen LogP contribution in [0.5, 0.6) is 0 Å². The number of ketones is 1. The summed E-state index contributed by atoms with van der Waals surface area (Å²) in [7, 11) is 0. The average Bonchev–Trinajstić information content (AvgIpc) is 2.39. The van der Waals surface area contributed by atoms with Crippen molar-refractivity contribution in [2.75, 3.05) is 0 Å². The first-order chi connectivity index (χ1) is 9.06. The summed E-state index contributed by atoms with van der Waals surface area (Å²) in [6, 6.07) is 10.6. The van der Waals surface area contributed by atoms with Crippen molar-refractivity contribution in [2.24, 2.45) is 0 Å². The van der Waals surface area contributed by atoms with Crippen LogP contribution in [0.1, 0.15) is 15.9 Å². The SMILES string of the molecule is O=C(C=Cc1cccc(F)c1)c1ccc(Cl)c(Cl)c1. The van der Waals surface area contributed by atoms with Gasteiger partial charge in [0.05, 0.1) is 10.0 Å². The normalized spacial score (nSPS) is 10.9. The van der Waals surface area contributed by atoms with Gasteiger partial charge in [-0.05, 0) is 42.0 Å². The first-order valence-corrected chi connectivity index (χ1v) is 6.25. The third-order valence-electron chi connectivity index (χ3n) is 2.48. The van der Waals surface area contributed by atoms with Gasteiger partial charge < -0.3 is 0 Å². The molecule has 0 atom stereocenters. The lowest BCUT2D eigenvalue weighted by molar-refractivity contribution is 0.104. The molecule has 2 aromatic rings. The van der Waals surface area contributed by atoms with Crippen molar-refractivity contribution in [3.05, 3.63) is 75.5 Å². The number of carbonyl (C=O) groups excluding carboxylic acids is 1. The maximum Gasteiger partial charge on any atom is 0.185 e. The third kappa shape index (κ3) is 3.66. The van der Waals surface area contributed by atoms with Crippen molar-refractivity contribution in [3.8, 4) is 0 Å². The van der Waals surface area contributed by atoms with Crippen molar-refractivity contribution in [1.29, 1.82) is 0 Å². The lowest BCUT2D eigenvalue weighted by Gasteiger charge is -1.99. The fourth-order valence-electron chi connectivity index (χ4n) is 1.53. The minimum Gasteiger partial charge on any atom is -0.289 e. The standard InChI is InChI=1S/C15H9Cl2FO/c16-13-6-5-11(9-14(13)17)15(19)7-4-10-2-1-3-12(18)8-10/h1-9H. The highest BCUT2D eigenvalue weighted by Crippen LogP contribution is 2.23. The summed E-state index contributed by atoms with van der Waals surface area (Å²) >= 11 is 11.6. The van der Waals surface area contributed by atoms with Crippen molar-refractivity contribution in [2.45, 2.75) is 0 Å². The van der Waals surface area contributed by atoms with E-state index in [0.29, 0.717) is 21.2 Å². The molecule has 4 heteroatoms. The van der Waals surface area contributed by atoms with Gasteiger partial charge in [-0.15, -0.1) is 0 Å². The Morgan fingerprint density at radius 3 is 2.53 bits per heavy atom. The number of carbonyl (C=O) groups is 1. The van der Waals surface area contributed by atoms with Crippen molar-refractivity contribution in [1.82, 2.24) is 0 Å². The molecule has 0 amide bonds. The van der Waals surface area contributed by atoms with Crippen molar-refractivity contribution >= 4 is 35.1 Å². The molecule has 0 bridgehead atoms. The Balaban J connectivity index is 2.19. The molecule has 0 aliphatic rings. The zero-order valence-corrected chi connectivity index (χ0v) is 11.3. The number of benzene rings is 2. The summed E-state index contributed by atoms with van der Waals surface area (Å²) in [4.78, 5) is 11.9. The lowest BCUT2D eigenvalue weighted by Crippen LogP contribution is -1.93. The Bertz CT molecular complexity index is 650. The highest BCUT2D eigenvalue weighted by molar-refractivity contribution is 6.42. The van der Waals surface area contributed by atoms with Crippen LogP contribution in [0.3, 0.4) is 0 Å². The van der Waals surface area contributed by atoms with Gasteiger partial charge >= 0.3 is 0 Å². The fourth-order valence-corrected chi connectivity index (χ4v) is 1.83. The molecule has 0 fully saturated rings. The summed E-state index contributed by atoms with van der Waals surface area (Å²) in [6.07, 6.45) is 2.92. The number of halogens is 3. The molecule has 0 radical (unpaired) electrons. The van der Waals surface area contributed by atoms with Crippen LogP contribution in [0.4, 0.5) is 4.39 Å². The molecule has 0 unspecified atom stereocenters. The van der Waals surface area contributed by atoms with Gasteiger partial charge in [-0.3, -0.25) is 4.79 Å². The molecule has 0 saturated heterocycles. The molecular weight excluding hydrogens is 286 g/mol. The fraction of sp³-hybridized carbons (Fsp3) is 0. The second kappa shape index (κ2) is 6.00. The summed E-state index contributed by atoms with van der Waals surface area (Å²) in [5.74, 6) is -0.563. The maximum atomic E-state index is 13.0. The number of hydrogen-bond acceptors (Lipinski definition) is 1. The van der Waals surface area contributed by atoms with Crippen LogP contribution in [0, 0.1) is 5.82 Å². The summed E-state index contributed by atoms with van der Waals surface area (Å²) in [5.41, 5.74) is 1.05. The van der Waals surface area contributed by atoms with E-state index in [1.807, 2.05) is 0 Å². The monoisotopic (exact) mass is 294 g/mol. The van der Waals surface area contributed by atoms with Gasteiger partial charge in [0.1, 0.15) is 5.82 Å². The van der Waals surface area contributed by atoms with Crippen LogP contribution >= 0.6 is 23.2 Å². The van der Waals surface area contributed by atoms with Gasteiger partial charge in [0.15, 0.2) is 5.78 Å². The van der Waals surface area contributed by atoms with E-state index in [1.165, 1.54) is 24.3 Å². The first-order valence-electron chi connectivity index (χ1n) is 5.49. The number of hydrogen-bond donors (Lipinski definition) is 0. The van der Waals surface area contributed by atoms with Crippen LogP contribution < -0.4 is 0 Å². The lowest BCUT2D eigenvalue weighted by atomic mass is 10.1. The highest BCUT2D eigenvalue weighted by Gasteiger charge is 2.05. The zero-order valence-electron chi connectivity index (χ0n) is 9.74. The van der Waals surface area contributed by atoms with Crippen molar-refractivity contribution in [3.63, 3.8) is 0 Å². The van der Waals surface area contributed by atoms with E-state index in [4.69, 9.17) is 23.2 Å². The van der Waals surface area contributed by atoms with E-state index >= 15 is 0 Å². The molecule has 0 heterocycles. The van der Waals surface area contributed by atoms with Gasteiger partial charge in [0, 0.05) is 5.56 Å². The van der Waals surface area contributed by atoms with Crippen molar-refractivity contribution < 1.29 is 9.18 Å². The molecule has 0 aliphatic carbocycles. The van der Waals surface area contributed by atoms with E-state index in [9.17, 15) is 9.18 Å². The molecule has 96 valence electrons. The summed E-state index contributed by atoms with van der Waals surface area (Å²) in [5, 5.41) is 0.721. The number of rotatable bonds is 3. The molecule has 0 aromatic heterocycles. The Kier molecular flexibility index (Phi) is 4.35. The second-order valence-electron chi connectivity index (χ2n) is 3.88. The van der Waals surface area contributed by atoms with E-state index in [-0.39, 0.29) is 11.6 Å². The van der Waals surface area contributed by atoms with E-state index < -0.39 is 0 Å². The molecular formula is C15H9Cl2FO. The van der Waals surface area contributed by atoms with E-state index in [0.717, 1.165) is 0 Å². The summed E-state index contributed by atoms with van der Waals surface area (Å²) in [6.45, 7) is 0.